The number of hydrogen-bond donors (Lipinski definition) is 3. The summed E-state index contributed by atoms with van der Waals surface area (Å²) in [6.07, 6.45) is 1.62. The number of anilines is 1. The van der Waals surface area contributed by atoms with Crippen LogP contribution >= 0.6 is 0 Å². The van der Waals surface area contributed by atoms with Crippen molar-refractivity contribution >= 4 is 23.8 Å². The van der Waals surface area contributed by atoms with Gasteiger partial charge >= 0.3 is 6.02 Å². The molecule has 0 spiro atoms. The van der Waals surface area contributed by atoms with E-state index >= 15 is 0 Å². The van der Waals surface area contributed by atoms with Gasteiger partial charge in [-0.3, -0.25) is 4.79 Å². The van der Waals surface area contributed by atoms with Crippen LogP contribution in [0.5, 0.6) is 5.75 Å². The molecule has 0 aliphatic rings. The molecule has 0 radical (unpaired) electrons. The van der Waals surface area contributed by atoms with Crippen LogP contribution in [0.1, 0.15) is 36.8 Å². The van der Waals surface area contributed by atoms with Crippen LogP contribution in [0.15, 0.2) is 65.6 Å². The van der Waals surface area contributed by atoms with E-state index in [-0.39, 0.29) is 13.4 Å². The van der Waals surface area contributed by atoms with Crippen molar-refractivity contribution in [3.8, 4) is 5.75 Å². The smallest absolute Gasteiger partial charge is 0.316 e. The van der Waals surface area contributed by atoms with Crippen molar-refractivity contribution in [2.45, 2.75) is 27.3 Å². The zero-order chi connectivity index (χ0) is 22.9. The molecule has 0 saturated carbocycles. The summed E-state index contributed by atoms with van der Waals surface area (Å²) in [5.41, 5.74) is 13.1. The highest BCUT2D eigenvalue weighted by Crippen LogP contribution is 2.24. The average Bonchev–Trinajstić information content (AvgIpc) is 2.79. The molecule has 2 aromatic rings. The van der Waals surface area contributed by atoms with Gasteiger partial charge in [-0.25, -0.2) is 9.98 Å². The number of nitrogens with zero attached hydrogens (tertiary/aromatic N) is 2. The minimum absolute atomic E-state index is 0. The van der Waals surface area contributed by atoms with Crippen molar-refractivity contribution in [3.05, 3.63) is 72.3 Å². The second-order valence-corrected chi connectivity index (χ2v) is 5.54. The van der Waals surface area contributed by atoms with Gasteiger partial charge in [-0.05, 0) is 51.1 Å². The summed E-state index contributed by atoms with van der Waals surface area (Å²) in [5.74, 6) is 0.377. The molecule has 0 aromatic heterocycles. The monoisotopic (exact) mass is 413 g/mol. The van der Waals surface area contributed by atoms with Crippen molar-refractivity contribution in [2.24, 2.45) is 21.5 Å². The summed E-state index contributed by atoms with van der Waals surface area (Å²) in [4.78, 5) is 20.9. The van der Waals surface area contributed by atoms with Crippen molar-refractivity contribution in [1.82, 2.24) is 0 Å². The molecule has 7 nitrogen and oxygen atoms in total. The molecule has 7 heteroatoms. The molecule has 0 atom stereocenters. The lowest BCUT2D eigenvalue weighted by atomic mass is 10.1. The van der Waals surface area contributed by atoms with E-state index in [4.69, 9.17) is 10.5 Å². The summed E-state index contributed by atoms with van der Waals surface area (Å²) in [5, 5.41) is 2.89. The van der Waals surface area contributed by atoms with Crippen LogP contribution in [0.3, 0.4) is 0 Å². The Morgan fingerprint density at radius 3 is 2.50 bits per heavy atom. The molecule has 1 amide bonds. The highest BCUT2D eigenvalue weighted by Gasteiger charge is 2.12. The summed E-state index contributed by atoms with van der Waals surface area (Å²) in [7, 11) is 1.50. The Morgan fingerprint density at radius 1 is 1.23 bits per heavy atom. The van der Waals surface area contributed by atoms with Gasteiger partial charge in [-0.1, -0.05) is 24.3 Å². The highest BCUT2D eigenvalue weighted by molar-refractivity contribution is 6.05. The van der Waals surface area contributed by atoms with Gasteiger partial charge < -0.3 is 21.5 Å². The molecule has 0 aliphatic heterocycles. The van der Waals surface area contributed by atoms with Gasteiger partial charge in [0.05, 0.1) is 0 Å². The van der Waals surface area contributed by atoms with Crippen LogP contribution in [0.25, 0.3) is 0 Å². The normalized spacial score (nSPS) is 10.4. The maximum atomic E-state index is 12.6. The van der Waals surface area contributed by atoms with Crippen molar-refractivity contribution in [3.63, 3.8) is 0 Å². The Hall–Kier alpha value is -3.29. The number of benzene rings is 2. The predicted molar refractivity (Wildman–Crippen MR) is 130 cm³/mol. The highest BCUT2D eigenvalue weighted by atomic mass is 16.5. The first-order chi connectivity index (χ1) is 14.6. The van der Waals surface area contributed by atoms with Crippen LogP contribution in [0, 0.1) is 6.92 Å². The number of hydrogen-bond acceptors (Lipinski definition) is 5. The van der Waals surface area contributed by atoms with E-state index in [1.807, 2.05) is 44.2 Å². The van der Waals surface area contributed by atoms with E-state index in [0.717, 1.165) is 11.1 Å². The zero-order valence-corrected chi connectivity index (χ0v) is 18.3. The minimum atomic E-state index is -0.213. The van der Waals surface area contributed by atoms with Gasteiger partial charge in [-0.2, -0.15) is 0 Å². The van der Waals surface area contributed by atoms with Crippen molar-refractivity contribution in [1.29, 1.82) is 0 Å². The second-order valence-electron chi connectivity index (χ2n) is 5.54. The van der Waals surface area contributed by atoms with Crippen LogP contribution in [-0.2, 0) is 6.54 Å². The first kappa shape index (κ1) is 26.7. The number of aryl methyl sites for hydroxylation is 1. The summed E-state index contributed by atoms with van der Waals surface area (Å²) >= 11 is 0. The molecule has 0 aliphatic carbocycles. The number of amides is 1. The van der Waals surface area contributed by atoms with Crippen LogP contribution in [-0.4, -0.2) is 31.7 Å². The lowest BCUT2D eigenvalue weighted by Gasteiger charge is -2.12. The minimum Gasteiger partial charge on any atom is -0.424 e. The number of amidine groups is 1. The third kappa shape index (κ3) is 8.38. The van der Waals surface area contributed by atoms with E-state index in [0.29, 0.717) is 30.1 Å². The van der Waals surface area contributed by atoms with Crippen LogP contribution < -0.4 is 21.5 Å². The van der Waals surface area contributed by atoms with E-state index in [2.05, 4.69) is 34.2 Å². The van der Waals surface area contributed by atoms with E-state index in [1.165, 1.54) is 7.05 Å². The number of carbonyl (C=O) groups is 1. The fraction of sp³-hybridized carbons (Fsp3) is 0.261. The van der Waals surface area contributed by atoms with Crippen molar-refractivity contribution < 1.29 is 11.0 Å². The maximum absolute atomic E-state index is 12.6. The van der Waals surface area contributed by atoms with Crippen molar-refractivity contribution in [2.75, 3.05) is 18.9 Å². The summed E-state index contributed by atoms with van der Waals surface area (Å²) < 4.78 is 5.78. The number of carbonyl (C=O) groups excluding carboxylic acids is 1. The lowest BCUT2D eigenvalue weighted by molar-refractivity contribution is 0.102. The van der Waals surface area contributed by atoms with Gasteiger partial charge in [-0.15, -0.1) is 13.2 Å². The molecule has 2 aromatic carbocycles. The Morgan fingerprint density at radius 2 is 1.90 bits per heavy atom. The zero-order valence-electron chi connectivity index (χ0n) is 18.3. The van der Waals surface area contributed by atoms with Gasteiger partial charge in [0.25, 0.3) is 5.91 Å². The topological polar surface area (TPSA) is 115 Å². The second kappa shape index (κ2) is 15.6. The summed E-state index contributed by atoms with van der Waals surface area (Å²) in [6.45, 7) is 12.5. The molecule has 164 valence electrons. The fourth-order valence-corrected chi connectivity index (χ4v) is 2.35. The largest absolute Gasteiger partial charge is 0.424 e. The first-order valence-corrected chi connectivity index (χ1v) is 9.57. The van der Waals surface area contributed by atoms with Gasteiger partial charge in [0.15, 0.2) is 0 Å². The first-order valence-electron chi connectivity index (χ1n) is 9.57. The number of aliphatic imine (C=N–C) groups is 2. The number of rotatable bonds is 5. The standard InChI is InChI=1S/C20H24N4O2.C2H4.CH5N.H2/c1-4-22-20(23-5-2)26-18-12-16(11-10-14(18)3)24-19(25)17-9-7-6-8-15(17)13-21;2*1-2;/h4,6-12H,5,13,21H2,1-3H3,(H,24,25);1-2H2;2H2,1H3;1H/b22-4-,23-20?;;;. The molecule has 0 heterocycles. The molecule has 0 saturated heterocycles. The Bertz CT molecular complexity index is 854. The Balaban J connectivity index is 0. The molecular weight excluding hydrogens is 378 g/mol. The third-order valence-corrected chi connectivity index (χ3v) is 3.66. The fourth-order valence-electron chi connectivity index (χ4n) is 2.35. The van der Waals surface area contributed by atoms with E-state index in [9.17, 15) is 4.79 Å². The number of nitrogens with one attached hydrogen (secondary N) is 1. The summed E-state index contributed by atoms with van der Waals surface area (Å²) in [6, 6.07) is 13.0. The van der Waals surface area contributed by atoms with Gasteiger partial charge in [0.2, 0.25) is 0 Å². The third-order valence-electron chi connectivity index (χ3n) is 3.66. The molecule has 5 N–H and O–H groups in total. The number of ether oxygens (including phenoxy) is 1. The quantitative estimate of drug-likeness (QED) is 0.387. The molecule has 30 heavy (non-hydrogen) atoms. The molecule has 0 unspecified atom stereocenters. The average molecular weight is 414 g/mol. The van der Waals surface area contributed by atoms with E-state index < -0.39 is 0 Å². The number of nitrogens with two attached hydrogens (primary N) is 2. The Labute approximate surface area is 181 Å². The molecule has 0 bridgehead atoms. The van der Waals surface area contributed by atoms with E-state index in [1.54, 1.807) is 25.3 Å². The Kier molecular flexibility index (Phi) is 13.9. The van der Waals surface area contributed by atoms with Crippen LogP contribution in [0.4, 0.5) is 5.69 Å². The molecule has 2 rings (SSSR count). The predicted octanol–water partition coefficient (Wildman–Crippen LogP) is 4.17. The molecular formula is C23H35N5O2. The van der Waals surface area contributed by atoms with Gasteiger partial charge in [0, 0.05) is 38.0 Å². The van der Waals surface area contributed by atoms with Crippen LogP contribution in [0.2, 0.25) is 0 Å². The molecule has 0 fully saturated rings. The SMILES string of the molecule is C/C=N\C(=NCC)Oc1cc(NC(=O)c2ccccc2CN)ccc1C.C=C.CN.[HH]. The van der Waals surface area contributed by atoms with Gasteiger partial charge in [0.1, 0.15) is 5.75 Å². The lowest BCUT2D eigenvalue weighted by Crippen LogP contribution is -2.16. The maximum Gasteiger partial charge on any atom is 0.316 e.